The summed E-state index contributed by atoms with van der Waals surface area (Å²) in [5, 5.41) is 11.6. The molecule has 0 bridgehead atoms. The third kappa shape index (κ3) is 7.24. The summed E-state index contributed by atoms with van der Waals surface area (Å²) < 4.78 is 0. The van der Waals surface area contributed by atoms with Crippen molar-refractivity contribution in [1.82, 2.24) is 5.32 Å². The lowest BCUT2D eigenvalue weighted by atomic mass is 10.1. The van der Waals surface area contributed by atoms with E-state index in [0.717, 1.165) is 11.3 Å². The summed E-state index contributed by atoms with van der Waals surface area (Å²) in [4.78, 5) is 36.3. The summed E-state index contributed by atoms with van der Waals surface area (Å²) >= 11 is 0. The number of hydrogen-bond donors (Lipinski definition) is 4. The first kappa shape index (κ1) is 22.9. The van der Waals surface area contributed by atoms with Crippen molar-refractivity contribution in [1.29, 1.82) is 0 Å². The first-order valence-corrected chi connectivity index (χ1v) is 9.94. The molecule has 2 rings (SSSR count). The summed E-state index contributed by atoms with van der Waals surface area (Å²) in [5.74, 6) is -0.510. The van der Waals surface area contributed by atoms with Crippen molar-refractivity contribution < 1.29 is 14.4 Å². The van der Waals surface area contributed by atoms with Gasteiger partial charge in [-0.25, -0.2) is 0 Å². The largest absolute Gasteiger partial charge is 0.376 e. The van der Waals surface area contributed by atoms with Crippen molar-refractivity contribution in [3.05, 3.63) is 53.6 Å². The number of hydrogen-bond acceptors (Lipinski definition) is 4. The average Bonchev–Trinajstić information content (AvgIpc) is 2.67. The predicted molar refractivity (Wildman–Crippen MR) is 121 cm³/mol. The molecule has 160 valence electrons. The highest BCUT2D eigenvalue weighted by molar-refractivity contribution is 5.98. The smallest absolute Gasteiger partial charge is 0.251 e. The molecule has 30 heavy (non-hydrogen) atoms. The lowest BCUT2D eigenvalue weighted by Gasteiger charge is -2.20. The highest BCUT2D eigenvalue weighted by Gasteiger charge is 2.15. The van der Waals surface area contributed by atoms with Crippen LogP contribution >= 0.6 is 0 Å². The van der Waals surface area contributed by atoms with E-state index in [0.29, 0.717) is 23.4 Å². The van der Waals surface area contributed by atoms with Crippen LogP contribution in [0.2, 0.25) is 0 Å². The topological polar surface area (TPSA) is 99.3 Å². The van der Waals surface area contributed by atoms with Gasteiger partial charge in [-0.15, -0.1) is 0 Å². The van der Waals surface area contributed by atoms with Crippen LogP contribution in [0.25, 0.3) is 0 Å². The van der Waals surface area contributed by atoms with Crippen LogP contribution in [0.4, 0.5) is 17.1 Å². The molecular formula is C23H30N4O3. The molecule has 2 aromatic carbocycles. The monoisotopic (exact) mass is 410 g/mol. The van der Waals surface area contributed by atoms with Gasteiger partial charge in [0.15, 0.2) is 0 Å². The number of amides is 3. The van der Waals surface area contributed by atoms with Gasteiger partial charge >= 0.3 is 0 Å². The molecule has 3 amide bonds. The third-order valence-electron chi connectivity index (χ3n) is 4.18. The minimum absolute atomic E-state index is 0.0443. The SMILES string of the molecule is CCC(=O)Nc1cc(NCC(=O)Nc2cccc(C(=O)NC(C)(C)C)c2)ccc1C. The summed E-state index contributed by atoms with van der Waals surface area (Å²) in [5.41, 5.74) is 3.06. The first-order valence-electron chi connectivity index (χ1n) is 9.94. The van der Waals surface area contributed by atoms with E-state index in [-0.39, 0.29) is 29.8 Å². The normalized spacial score (nSPS) is 10.8. The Labute approximate surface area is 177 Å². The van der Waals surface area contributed by atoms with Gasteiger partial charge in [-0.3, -0.25) is 14.4 Å². The Bertz CT molecular complexity index is 932. The van der Waals surface area contributed by atoms with Crippen LogP contribution in [0.5, 0.6) is 0 Å². The molecule has 0 heterocycles. The summed E-state index contributed by atoms with van der Waals surface area (Å²) in [6, 6.07) is 12.3. The van der Waals surface area contributed by atoms with Crippen molar-refractivity contribution in [2.24, 2.45) is 0 Å². The van der Waals surface area contributed by atoms with Crippen molar-refractivity contribution in [2.45, 2.75) is 46.6 Å². The minimum Gasteiger partial charge on any atom is -0.376 e. The number of nitrogens with one attached hydrogen (secondary N) is 4. The van der Waals surface area contributed by atoms with Gasteiger partial charge in [-0.1, -0.05) is 19.1 Å². The maximum atomic E-state index is 12.3. The van der Waals surface area contributed by atoms with Crippen LogP contribution in [0, 0.1) is 6.92 Å². The van der Waals surface area contributed by atoms with Crippen LogP contribution < -0.4 is 21.3 Å². The van der Waals surface area contributed by atoms with Crippen LogP contribution in [0.1, 0.15) is 50.0 Å². The number of anilines is 3. The Balaban J connectivity index is 1.97. The van der Waals surface area contributed by atoms with Crippen LogP contribution in [0.15, 0.2) is 42.5 Å². The fourth-order valence-corrected chi connectivity index (χ4v) is 2.64. The Morgan fingerprint density at radius 3 is 2.30 bits per heavy atom. The quantitative estimate of drug-likeness (QED) is 0.556. The lowest BCUT2D eigenvalue weighted by molar-refractivity contribution is -0.116. The van der Waals surface area contributed by atoms with Gasteiger partial charge in [0.05, 0.1) is 6.54 Å². The van der Waals surface area contributed by atoms with Crippen LogP contribution in [-0.4, -0.2) is 29.8 Å². The Morgan fingerprint density at radius 1 is 0.900 bits per heavy atom. The summed E-state index contributed by atoms with van der Waals surface area (Å²) in [6.45, 7) is 9.47. The number of benzene rings is 2. The zero-order valence-electron chi connectivity index (χ0n) is 18.2. The zero-order valence-corrected chi connectivity index (χ0v) is 18.2. The summed E-state index contributed by atoms with van der Waals surface area (Å²) in [6.07, 6.45) is 0.395. The standard InChI is InChI=1S/C23H30N4O3/c1-6-20(28)26-19-13-17(11-10-15(19)2)24-14-21(29)25-18-9-7-8-16(12-18)22(30)27-23(3,4)5/h7-13,24H,6,14H2,1-5H3,(H,25,29)(H,26,28)(H,27,30). The molecule has 0 fully saturated rings. The van der Waals surface area contributed by atoms with E-state index in [1.165, 1.54) is 0 Å². The molecule has 2 aromatic rings. The molecule has 0 saturated heterocycles. The molecule has 0 spiro atoms. The van der Waals surface area contributed by atoms with E-state index in [2.05, 4.69) is 21.3 Å². The Kier molecular flexibility index (Phi) is 7.58. The lowest BCUT2D eigenvalue weighted by Crippen LogP contribution is -2.40. The predicted octanol–water partition coefficient (Wildman–Crippen LogP) is 3.92. The molecule has 0 aliphatic carbocycles. The highest BCUT2D eigenvalue weighted by Crippen LogP contribution is 2.20. The molecule has 0 aliphatic heterocycles. The fraction of sp³-hybridized carbons (Fsp3) is 0.348. The average molecular weight is 411 g/mol. The summed E-state index contributed by atoms with van der Waals surface area (Å²) in [7, 11) is 0. The van der Waals surface area contributed by atoms with E-state index in [1.54, 1.807) is 37.3 Å². The van der Waals surface area contributed by atoms with Gasteiger partial charge in [0.25, 0.3) is 5.91 Å². The van der Waals surface area contributed by atoms with Crippen molar-refractivity contribution in [2.75, 3.05) is 22.5 Å². The van der Waals surface area contributed by atoms with Crippen molar-refractivity contribution >= 4 is 34.8 Å². The maximum absolute atomic E-state index is 12.3. The van der Waals surface area contributed by atoms with E-state index in [4.69, 9.17) is 0 Å². The number of carbonyl (C=O) groups excluding carboxylic acids is 3. The second-order valence-corrected chi connectivity index (χ2v) is 8.12. The van der Waals surface area contributed by atoms with Gasteiger partial charge in [0.2, 0.25) is 11.8 Å². The first-order chi connectivity index (χ1) is 14.1. The molecule has 0 saturated carbocycles. The van der Waals surface area contributed by atoms with Crippen LogP contribution in [0.3, 0.4) is 0 Å². The highest BCUT2D eigenvalue weighted by atomic mass is 16.2. The van der Waals surface area contributed by atoms with Gasteiger partial charge in [0.1, 0.15) is 0 Å². The van der Waals surface area contributed by atoms with Gasteiger partial charge < -0.3 is 21.3 Å². The van der Waals surface area contributed by atoms with E-state index in [9.17, 15) is 14.4 Å². The molecular weight excluding hydrogens is 380 g/mol. The minimum atomic E-state index is -0.344. The van der Waals surface area contributed by atoms with E-state index >= 15 is 0 Å². The zero-order chi connectivity index (χ0) is 22.3. The second kappa shape index (κ2) is 9.91. The molecule has 0 radical (unpaired) electrons. The number of carbonyl (C=O) groups is 3. The van der Waals surface area contributed by atoms with Gasteiger partial charge in [0, 0.05) is 34.6 Å². The van der Waals surface area contributed by atoms with Crippen molar-refractivity contribution in [3.8, 4) is 0 Å². The third-order valence-corrected chi connectivity index (χ3v) is 4.18. The van der Waals surface area contributed by atoms with E-state index in [1.807, 2.05) is 39.8 Å². The number of aryl methyl sites for hydroxylation is 1. The fourth-order valence-electron chi connectivity index (χ4n) is 2.64. The molecule has 0 atom stereocenters. The van der Waals surface area contributed by atoms with Crippen molar-refractivity contribution in [3.63, 3.8) is 0 Å². The Hall–Kier alpha value is -3.35. The van der Waals surface area contributed by atoms with Gasteiger partial charge in [-0.05, 0) is 63.6 Å². The molecule has 7 heteroatoms. The van der Waals surface area contributed by atoms with Gasteiger partial charge in [-0.2, -0.15) is 0 Å². The Morgan fingerprint density at radius 2 is 1.63 bits per heavy atom. The second-order valence-electron chi connectivity index (χ2n) is 8.12. The van der Waals surface area contributed by atoms with E-state index < -0.39 is 0 Å². The van der Waals surface area contributed by atoms with Crippen LogP contribution in [-0.2, 0) is 9.59 Å². The molecule has 0 unspecified atom stereocenters. The molecule has 4 N–H and O–H groups in total. The molecule has 7 nitrogen and oxygen atoms in total. The molecule has 0 aromatic heterocycles. The maximum Gasteiger partial charge on any atom is 0.251 e. The number of rotatable bonds is 7. The molecule has 0 aliphatic rings.